The number of benzene rings is 1. The Hall–Kier alpha value is -2.23. The number of alkyl halides is 3. The largest absolute Gasteiger partial charge is 0.459 e. The number of carbonyl (C=O) groups excluding carboxylic acids is 1. The van der Waals surface area contributed by atoms with Crippen LogP contribution < -0.4 is 9.64 Å². The maximum Gasteiger partial charge on any atom is 0.445 e. The van der Waals surface area contributed by atoms with Crippen LogP contribution in [0.4, 0.5) is 23.2 Å². The van der Waals surface area contributed by atoms with E-state index in [1.807, 2.05) is 0 Å². The minimum absolute atomic E-state index is 0.202. The summed E-state index contributed by atoms with van der Waals surface area (Å²) < 4.78 is 54.7. The lowest BCUT2D eigenvalue weighted by atomic mass is 10.3. The van der Waals surface area contributed by atoms with Gasteiger partial charge in [-0.05, 0) is 24.3 Å². The van der Waals surface area contributed by atoms with Gasteiger partial charge in [0, 0.05) is 12.7 Å². The van der Waals surface area contributed by atoms with Gasteiger partial charge in [0.05, 0.1) is 0 Å². The van der Waals surface area contributed by atoms with Gasteiger partial charge < -0.3 is 9.64 Å². The van der Waals surface area contributed by atoms with Gasteiger partial charge in [0.25, 0.3) is 11.1 Å². The van der Waals surface area contributed by atoms with Gasteiger partial charge in [-0.1, -0.05) is 16.4 Å². The van der Waals surface area contributed by atoms with Gasteiger partial charge in [-0.3, -0.25) is 4.79 Å². The third kappa shape index (κ3) is 3.91. The normalized spacial score (nSPS) is 11.3. The Morgan fingerprint density at radius 1 is 1.27 bits per heavy atom. The van der Waals surface area contributed by atoms with Crippen LogP contribution in [-0.4, -0.2) is 29.8 Å². The number of rotatable bonds is 4. The highest BCUT2D eigenvalue weighted by Gasteiger charge is 2.36. The Bertz CT molecular complexity index is 657. The zero-order valence-electron chi connectivity index (χ0n) is 11.1. The molecule has 0 aliphatic rings. The molecule has 1 amide bonds. The van der Waals surface area contributed by atoms with Crippen LogP contribution in [0.1, 0.15) is 5.01 Å². The van der Waals surface area contributed by atoms with Crippen molar-refractivity contribution in [3.63, 3.8) is 0 Å². The molecule has 0 N–H and O–H groups in total. The van der Waals surface area contributed by atoms with E-state index >= 15 is 0 Å². The molecule has 1 heterocycles. The van der Waals surface area contributed by atoms with Gasteiger partial charge in [-0.15, -0.1) is 5.10 Å². The molecule has 0 unspecified atom stereocenters. The van der Waals surface area contributed by atoms with E-state index in [1.54, 1.807) is 0 Å². The van der Waals surface area contributed by atoms with E-state index in [9.17, 15) is 22.4 Å². The number of hydrogen-bond acceptors (Lipinski definition) is 5. The summed E-state index contributed by atoms with van der Waals surface area (Å²) in [7, 11) is 1.43. The molecular weight excluding hydrogens is 326 g/mol. The molecule has 0 aliphatic carbocycles. The third-order valence-electron chi connectivity index (χ3n) is 2.56. The molecule has 1 aromatic carbocycles. The third-order valence-corrected chi connectivity index (χ3v) is 3.44. The van der Waals surface area contributed by atoms with Crippen molar-refractivity contribution >= 4 is 22.9 Å². The van der Waals surface area contributed by atoms with Crippen LogP contribution in [0, 0.1) is 5.82 Å². The van der Waals surface area contributed by atoms with Crippen molar-refractivity contribution in [1.82, 2.24) is 10.2 Å². The summed E-state index contributed by atoms with van der Waals surface area (Å²) in [5.74, 6) is -0.982. The molecule has 0 saturated carbocycles. The Labute approximate surface area is 126 Å². The van der Waals surface area contributed by atoms with E-state index in [0.717, 1.165) is 0 Å². The second-order valence-corrected chi connectivity index (χ2v) is 5.03. The molecular formula is C12H9F4N3O2S. The van der Waals surface area contributed by atoms with Gasteiger partial charge in [-0.25, -0.2) is 4.39 Å². The maximum absolute atomic E-state index is 12.8. The number of aromatic nitrogens is 2. The molecule has 0 radical (unpaired) electrons. The topological polar surface area (TPSA) is 55.3 Å². The first-order valence-corrected chi connectivity index (χ1v) is 6.64. The highest BCUT2D eigenvalue weighted by atomic mass is 32.1. The molecule has 10 heteroatoms. The predicted octanol–water partition coefficient (Wildman–Crippen LogP) is 2.74. The van der Waals surface area contributed by atoms with Gasteiger partial charge >= 0.3 is 6.18 Å². The molecule has 5 nitrogen and oxygen atoms in total. The summed E-state index contributed by atoms with van der Waals surface area (Å²) >= 11 is 0.202. The minimum atomic E-state index is -4.60. The van der Waals surface area contributed by atoms with E-state index in [1.165, 1.54) is 36.2 Å². The van der Waals surface area contributed by atoms with E-state index in [0.29, 0.717) is 5.69 Å². The highest BCUT2D eigenvalue weighted by molar-refractivity contribution is 7.13. The van der Waals surface area contributed by atoms with Crippen molar-refractivity contribution < 1.29 is 27.1 Å². The lowest BCUT2D eigenvalue weighted by Crippen LogP contribution is -2.31. The maximum atomic E-state index is 12.8. The molecule has 0 saturated heterocycles. The fourth-order valence-corrected chi connectivity index (χ4v) is 1.97. The minimum Gasteiger partial charge on any atom is -0.459 e. The van der Waals surface area contributed by atoms with Gasteiger partial charge in [0.15, 0.2) is 6.61 Å². The second-order valence-electron chi connectivity index (χ2n) is 4.09. The fourth-order valence-electron chi connectivity index (χ4n) is 1.41. The van der Waals surface area contributed by atoms with Crippen LogP contribution in [0.15, 0.2) is 24.3 Å². The van der Waals surface area contributed by atoms with Crippen molar-refractivity contribution in [2.45, 2.75) is 6.18 Å². The number of nitrogens with zero attached hydrogens (tertiary/aromatic N) is 3. The average molecular weight is 335 g/mol. The Morgan fingerprint density at radius 2 is 1.91 bits per heavy atom. The van der Waals surface area contributed by atoms with Crippen molar-refractivity contribution in [3.8, 4) is 5.19 Å². The number of anilines is 1. The number of hydrogen-bond donors (Lipinski definition) is 0. The van der Waals surface area contributed by atoms with Crippen LogP contribution >= 0.6 is 11.3 Å². The first kappa shape index (κ1) is 16.1. The van der Waals surface area contributed by atoms with E-state index in [-0.39, 0.29) is 16.5 Å². The van der Waals surface area contributed by atoms with E-state index < -0.39 is 29.5 Å². The molecule has 0 spiro atoms. The predicted molar refractivity (Wildman–Crippen MR) is 70.2 cm³/mol. The standard InChI is InChI=1S/C12H9F4N3O2S/c1-19(8-4-2-7(13)3-5-8)9(20)6-21-11-18-17-10(22-11)12(14,15)16/h2-5H,6H2,1H3. The summed E-state index contributed by atoms with van der Waals surface area (Å²) in [5, 5.41) is 4.63. The Kier molecular flexibility index (Phi) is 4.59. The lowest BCUT2D eigenvalue weighted by Gasteiger charge is -2.16. The quantitative estimate of drug-likeness (QED) is 0.806. The smallest absolute Gasteiger partial charge is 0.445 e. The van der Waals surface area contributed by atoms with Crippen LogP contribution in [0.2, 0.25) is 0 Å². The van der Waals surface area contributed by atoms with Gasteiger partial charge in [0.1, 0.15) is 5.82 Å². The van der Waals surface area contributed by atoms with Crippen molar-refractivity contribution in [2.24, 2.45) is 0 Å². The van der Waals surface area contributed by atoms with Crippen molar-refractivity contribution in [2.75, 3.05) is 18.6 Å². The molecule has 2 rings (SSSR count). The van der Waals surface area contributed by atoms with Crippen LogP contribution in [0.25, 0.3) is 0 Å². The first-order valence-electron chi connectivity index (χ1n) is 5.83. The second kappa shape index (κ2) is 6.26. The number of amides is 1. The lowest BCUT2D eigenvalue weighted by molar-refractivity contribution is -0.138. The number of carbonyl (C=O) groups is 1. The van der Waals surface area contributed by atoms with Gasteiger partial charge in [-0.2, -0.15) is 13.2 Å². The average Bonchev–Trinajstić information content (AvgIpc) is 2.94. The molecule has 0 atom stereocenters. The fraction of sp³-hybridized carbons (Fsp3) is 0.250. The Balaban J connectivity index is 1.95. The van der Waals surface area contributed by atoms with Crippen LogP contribution in [0.3, 0.4) is 0 Å². The Morgan fingerprint density at radius 3 is 2.45 bits per heavy atom. The molecule has 0 fully saturated rings. The van der Waals surface area contributed by atoms with E-state index in [4.69, 9.17) is 4.74 Å². The summed E-state index contributed by atoms with van der Waals surface area (Å²) in [4.78, 5) is 13.0. The number of ether oxygens (including phenoxy) is 1. The monoisotopic (exact) mass is 335 g/mol. The van der Waals surface area contributed by atoms with Crippen LogP contribution in [-0.2, 0) is 11.0 Å². The summed E-state index contributed by atoms with van der Waals surface area (Å²) in [5.41, 5.74) is 0.420. The molecule has 0 bridgehead atoms. The molecule has 118 valence electrons. The summed E-state index contributed by atoms with van der Waals surface area (Å²) in [6.45, 7) is -0.514. The molecule has 2 aromatic rings. The highest BCUT2D eigenvalue weighted by Crippen LogP contribution is 2.33. The zero-order chi connectivity index (χ0) is 16.3. The van der Waals surface area contributed by atoms with Crippen LogP contribution in [0.5, 0.6) is 5.19 Å². The van der Waals surface area contributed by atoms with Crippen molar-refractivity contribution in [3.05, 3.63) is 35.1 Å². The van der Waals surface area contributed by atoms with E-state index in [2.05, 4.69) is 10.2 Å². The van der Waals surface area contributed by atoms with Crippen molar-refractivity contribution in [1.29, 1.82) is 0 Å². The summed E-state index contributed by atoms with van der Waals surface area (Å²) in [6, 6.07) is 5.14. The molecule has 22 heavy (non-hydrogen) atoms. The van der Waals surface area contributed by atoms with Gasteiger partial charge in [0.2, 0.25) is 5.01 Å². The number of likely N-dealkylation sites (N-methyl/N-ethyl adjacent to an activating group) is 1. The zero-order valence-corrected chi connectivity index (χ0v) is 11.9. The SMILES string of the molecule is CN(C(=O)COc1nnc(C(F)(F)F)s1)c1ccc(F)cc1. The summed E-state index contributed by atoms with van der Waals surface area (Å²) in [6.07, 6.45) is -4.60. The number of halogens is 4. The molecule has 0 aliphatic heterocycles. The molecule has 1 aromatic heterocycles. The first-order chi connectivity index (χ1) is 10.3.